The van der Waals surface area contributed by atoms with Gasteiger partial charge in [0, 0.05) is 32.2 Å². The molecule has 1 saturated heterocycles. The van der Waals surface area contributed by atoms with Gasteiger partial charge in [-0.2, -0.15) is 4.31 Å². The summed E-state index contributed by atoms with van der Waals surface area (Å²) < 4.78 is 55.5. The van der Waals surface area contributed by atoms with Crippen LogP contribution in [0.3, 0.4) is 0 Å². The van der Waals surface area contributed by atoms with E-state index < -0.39 is 27.2 Å². The number of rotatable bonds is 4. The first-order valence-corrected chi connectivity index (χ1v) is 13.4. The third kappa shape index (κ3) is 4.61. The topological polar surface area (TPSA) is 73.8 Å². The van der Waals surface area contributed by atoms with E-state index in [1.165, 1.54) is 17.7 Å². The van der Waals surface area contributed by atoms with E-state index in [0.717, 1.165) is 43.1 Å². The molecular formula is C25H30F2N4O2S. The molecule has 0 aromatic heterocycles. The van der Waals surface area contributed by atoms with E-state index >= 15 is 0 Å². The SMILES string of the molecule is O=S(=O)(c1ccc2c(c1)CCCC2)N1CCC2(CC1)NCCN=C2NCc1cc(F)cc(F)c1. The molecule has 3 aliphatic rings. The van der Waals surface area contributed by atoms with Gasteiger partial charge >= 0.3 is 0 Å². The number of nitrogens with zero attached hydrogens (tertiary/aromatic N) is 2. The van der Waals surface area contributed by atoms with Crippen LogP contribution in [0.5, 0.6) is 0 Å². The van der Waals surface area contributed by atoms with Crippen molar-refractivity contribution in [3.05, 3.63) is 64.7 Å². The van der Waals surface area contributed by atoms with E-state index in [1.807, 2.05) is 12.1 Å². The summed E-state index contributed by atoms with van der Waals surface area (Å²) in [5, 5.41) is 6.79. The lowest BCUT2D eigenvalue weighted by Gasteiger charge is -2.44. The van der Waals surface area contributed by atoms with Gasteiger partial charge in [0.05, 0.1) is 17.0 Å². The van der Waals surface area contributed by atoms with E-state index in [0.29, 0.717) is 49.5 Å². The Morgan fingerprint density at radius 2 is 1.71 bits per heavy atom. The predicted molar refractivity (Wildman–Crippen MR) is 127 cm³/mol. The number of benzene rings is 2. The van der Waals surface area contributed by atoms with Crippen LogP contribution in [-0.4, -0.2) is 50.3 Å². The molecule has 0 saturated carbocycles. The van der Waals surface area contributed by atoms with Crippen molar-refractivity contribution in [1.29, 1.82) is 0 Å². The fourth-order valence-corrected chi connectivity index (χ4v) is 6.86. The minimum Gasteiger partial charge on any atom is -0.368 e. The lowest BCUT2D eigenvalue weighted by molar-refractivity contribution is 0.241. The average Bonchev–Trinajstić information content (AvgIpc) is 2.83. The molecule has 182 valence electrons. The van der Waals surface area contributed by atoms with Crippen LogP contribution in [0, 0.1) is 11.6 Å². The minimum atomic E-state index is -3.57. The van der Waals surface area contributed by atoms with Crippen molar-refractivity contribution in [2.24, 2.45) is 4.99 Å². The van der Waals surface area contributed by atoms with Crippen LogP contribution in [0.25, 0.3) is 0 Å². The van der Waals surface area contributed by atoms with Gasteiger partial charge < -0.3 is 10.6 Å². The highest BCUT2D eigenvalue weighted by molar-refractivity contribution is 7.89. The number of hydrogen-bond acceptors (Lipinski definition) is 5. The largest absolute Gasteiger partial charge is 0.368 e. The molecule has 0 unspecified atom stereocenters. The fourth-order valence-electron chi connectivity index (χ4n) is 5.36. The van der Waals surface area contributed by atoms with Crippen LogP contribution in [0.1, 0.15) is 42.4 Å². The number of nitrogens with one attached hydrogen (secondary N) is 2. The molecule has 0 radical (unpaired) electrons. The molecule has 6 nitrogen and oxygen atoms in total. The van der Waals surface area contributed by atoms with E-state index in [9.17, 15) is 17.2 Å². The summed E-state index contributed by atoms with van der Waals surface area (Å²) in [7, 11) is -3.57. The Labute approximate surface area is 199 Å². The van der Waals surface area contributed by atoms with Gasteiger partial charge in [0.2, 0.25) is 10.0 Å². The molecule has 0 bridgehead atoms. The second-order valence-electron chi connectivity index (χ2n) is 9.41. The van der Waals surface area contributed by atoms with Crippen LogP contribution < -0.4 is 10.6 Å². The zero-order chi connectivity index (χ0) is 23.8. The average molecular weight is 489 g/mol. The smallest absolute Gasteiger partial charge is 0.243 e. The number of sulfonamides is 1. The molecule has 0 atom stereocenters. The van der Waals surface area contributed by atoms with Crippen LogP contribution in [0.2, 0.25) is 0 Å². The van der Waals surface area contributed by atoms with Gasteiger partial charge in [-0.1, -0.05) is 6.07 Å². The molecular weight excluding hydrogens is 458 g/mol. The predicted octanol–water partition coefficient (Wildman–Crippen LogP) is 3.16. The normalized spacial score (nSPS) is 20.6. The van der Waals surface area contributed by atoms with Gasteiger partial charge in [-0.3, -0.25) is 4.99 Å². The van der Waals surface area contributed by atoms with Crippen molar-refractivity contribution in [1.82, 2.24) is 14.9 Å². The number of piperidine rings is 1. The summed E-state index contributed by atoms with van der Waals surface area (Å²) in [6.45, 7) is 2.30. The first-order valence-electron chi connectivity index (χ1n) is 12.0. The van der Waals surface area contributed by atoms with E-state index in [2.05, 4.69) is 15.6 Å². The molecule has 34 heavy (non-hydrogen) atoms. The summed E-state index contributed by atoms with van der Waals surface area (Å²) in [5.41, 5.74) is 2.45. The highest BCUT2D eigenvalue weighted by Crippen LogP contribution is 2.31. The van der Waals surface area contributed by atoms with Gasteiger partial charge in [-0.05, 0) is 79.5 Å². The monoisotopic (exact) mass is 488 g/mol. The second kappa shape index (κ2) is 9.36. The number of halogens is 2. The lowest BCUT2D eigenvalue weighted by atomic mass is 9.85. The Morgan fingerprint density at radius 1 is 1.00 bits per heavy atom. The van der Waals surface area contributed by atoms with Crippen LogP contribution in [0.15, 0.2) is 46.3 Å². The number of aryl methyl sites for hydroxylation is 2. The molecule has 5 rings (SSSR count). The van der Waals surface area contributed by atoms with Crippen molar-refractivity contribution in [3.63, 3.8) is 0 Å². The minimum absolute atomic E-state index is 0.244. The quantitative estimate of drug-likeness (QED) is 0.694. The summed E-state index contributed by atoms with van der Waals surface area (Å²) >= 11 is 0. The zero-order valence-corrected chi connectivity index (χ0v) is 19.9. The highest BCUT2D eigenvalue weighted by Gasteiger charge is 2.43. The van der Waals surface area contributed by atoms with Crippen LogP contribution in [-0.2, 0) is 29.4 Å². The Kier molecular flexibility index (Phi) is 6.43. The molecule has 0 amide bonds. The fraction of sp³-hybridized carbons (Fsp3) is 0.480. The molecule has 2 aliphatic heterocycles. The molecule has 2 N–H and O–H groups in total. The Balaban J connectivity index is 1.28. The molecule has 2 aromatic carbocycles. The van der Waals surface area contributed by atoms with Gasteiger partial charge in [-0.15, -0.1) is 0 Å². The number of amidine groups is 1. The summed E-state index contributed by atoms with van der Waals surface area (Å²) in [5.74, 6) is -0.499. The maximum Gasteiger partial charge on any atom is 0.243 e. The lowest BCUT2D eigenvalue weighted by Crippen LogP contribution is -2.64. The van der Waals surface area contributed by atoms with Gasteiger partial charge in [-0.25, -0.2) is 17.2 Å². The van der Waals surface area contributed by atoms with Crippen molar-refractivity contribution in [2.75, 3.05) is 26.2 Å². The van der Waals surface area contributed by atoms with E-state index in [4.69, 9.17) is 0 Å². The summed E-state index contributed by atoms with van der Waals surface area (Å²) in [6, 6.07) is 9.03. The van der Waals surface area contributed by atoms with Crippen LogP contribution in [0.4, 0.5) is 8.78 Å². The maximum atomic E-state index is 13.6. The summed E-state index contributed by atoms with van der Waals surface area (Å²) in [4.78, 5) is 5.02. The molecule has 2 aromatic rings. The van der Waals surface area contributed by atoms with Crippen molar-refractivity contribution in [3.8, 4) is 0 Å². The van der Waals surface area contributed by atoms with Crippen LogP contribution >= 0.6 is 0 Å². The van der Waals surface area contributed by atoms with Crippen molar-refractivity contribution < 1.29 is 17.2 Å². The van der Waals surface area contributed by atoms with Gasteiger partial charge in [0.15, 0.2) is 0 Å². The third-order valence-electron chi connectivity index (χ3n) is 7.21. The molecule has 1 fully saturated rings. The van der Waals surface area contributed by atoms with Gasteiger partial charge in [0.1, 0.15) is 17.5 Å². The van der Waals surface area contributed by atoms with Gasteiger partial charge in [0.25, 0.3) is 0 Å². The Hall–Kier alpha value is -2.36. The number of aliphatic imine (C=N–C) groups is 1. The van der Waals surface area contributed by atoms with Crippen molar-refractivity contribution in [2.45, 2.75) is 55.5 Å². The maximum absolute atomic E-state index is 13.6. The third-order valence-corrected chi connectivity index (χ3v) is 9.11. The van der Waals surface area contributed by atoms with E-state index in [-0.39, 0.29) is 6.54 Å². The standard InChI is InChI=1S/C25H30F2N4O2S/c26-21-13-18(14-22(27)16-21)17-29-24-25(30-10-9-28-24)7-11-31(12-8-25)34(32,33)23-6-5-19-3-1-2-4-20(19)15-23/h5-6,13-16,30H,1-4,7-12,17H2,(H,28,29). The highest BCUT2D eigenvalue weighted by atomic mass is 32.2. The van der Waals surface area contributed by atoms with Crippen molar-refractivity contribution >= 4 is 15.9 Å². The van der Waals surface area contributed by atoms with E-state index in [1.54, 1.807) is 10.4 Å². The summed E-state index contributed by atoms with van der Waals surface area (Å²) in [6.07, 6.45) is 5.36. The Bertz CT molecular complexity index is 1190. The number of fused-ring (bicyclic) bond motifs is 1. The Morgan fingerprint density at radius 3 is 2.44 bits per heavy atom. The number of hydrogen-bond donors (Lipinski definition) is 2. The zero-order valence-electron chi connectivity index (χ0n) is 19.1. The molecule has 2 heterocycles. The first kappa shape index (κ1) is 23.4. The molecule has 9 heteroatoms. The first-order chi connectivity index (χ1) is 16.4. The molecule has 1 aliphatic carbocycles. The second-order valence-corrected chi connectivity index (χ2v) is 11.4. The molecule has 1 spiro atoms.